The molecule has 1 unspecified atom stereocenters. The third kappa shape index (κ3) is 3.23. The molecule has 5 heteroatoms. The maximum atomic E-state index is 12.3. The second-order valence-electron chi connectivity index (χ2n) is 4.95. The average Bonchev–Trinajstić information content (AvgIpc) is 2.90. The first-order chi connectivity index (χ1) is 9.49. The van der Waals surface area contributed by atoms with Crippen molar-refractivity contribution in [3.05, 3.63) is 51.5 Å². The molecule has 1 aromatic carbocycles. The number of nitrogens with zero attached hydrogens (tertiary/aromatic N) is 2. The molecule has 1 amide bonds. The Morgan fingerprint density at radius 1 is 1.45 bits per heavy atom. The molecular weight excluding hydrogens is 270 g/mol. The number of benzene rings is 1. The highest BCUT2D eigenvalue weighted by atomic mass is 32.1. The summed E-state index contributed by atoms with van der Waals surface area (Å²) >= 11 is 1.43. The number of hydrogen-bond acceptors (Lipinski definition) is 4. The van der Waals surface area contributed by atoms with Gasteiger partial charge in [-0.25, -0.2) is 4.98 Å². The number of nitrogens with two attached hydrogens (primary N) is 1. The lowest BCUT2D eigenvalue weighted by Gasteiger charge is -2.17. The van der Waals surface area contributed by atoms with Gasteiger partial charge in [0.1, 0.15) is 10.7 Å². The zero-order valence-corrected chi connectivity index (χ0v) is 12.8. The summed E-state index contributed by atoms with van der Waals surface area (Å²) in [6, 6.07) is 7.93. The van der Waals surface area contributed by atoms with Crippen molar-refractivity contribution in [1.82, 2.24) is 9.88 Å². The molecule has 1 aromatic heterocycles. The summed E-state index contributed by atoms with van der Waals surface area (Å²) < 4.78 is 0. The number of aryl methyl sites for hydroxylation is 1. The zero-order valence-electron chi connectivity index (χ0n) is 12.0. The van der Waals surface area contributed by atoms with Gasteiger partial charge in [0, 0.05) is 19.0 Å². The SMILES string of the molecule is Cc1ccccc1CN(C)C(=O)c1csc(C(C)N)n1. The minimum Gasteiger partial charge on any atom is -0.336 e. The van der Waals surface area contributed by atoms with Crippen molar-refractivity contribution in [1.29, 1.82) is 0 Å². The zero-order chi connectivity index (χ0) is 14.7. The van der Waals surface area contributed by atoms with Crippen molar-refractivity contribution >= 4 is 17.2 Å². The van der Waals surface area contributed by atoms with E-state index in [0.29, 0.717) is 12.2 Å². The van der Waals surface area contributed by atoms with E-state index in [2.05, 4.69) is 4.98 Å². The largest absolute Gasteiger partial charge is 0.336 e. The maximum absolute atomic E-state index is 12.3. The van der Waals surface area contributed by atoms with E-state index in [1.54, 1.807) is 17.3 Å². The highest BCUT2D eigenvalue weighted by molar-refractivity contribution is 7.09. The molecule has 0 saturated carbocycles. The number of carbonyl (C=O) groups is 1. The molecular formula is C15H19N3OS. The Hall–Kier alpha value is -1.72. The molecule has 106 valence electrons. The minimum atomic E-state index is -0.136. The predicted octanol–water partition coefficient (Wildman–Crippen LogP) is 2.74. The third-order valence-corrected chi connectivity index (χ3v) is 4.19. The number of thiazole rings is 1. The van der Waals surface area contributed by atoms with Gasteiger partial charge in [0.2, 0.25) is 0 Å². The first-order valence-electron chi connectivity index (χ1n) is 6.50. The summed E-state index contributed by atoms with van der Waals surface area (Å²) in [7, 11) is 1.79. The topological polar surface area (TPSA) is 59.2 Å². The van der Waals surface area contributed by atoms with Gasteiger partial charge in [-0.05, 0) is 25.0 Å². The van der Waals surface area contributed by atoms with Crippen molar-refractivity contribution in [2.45, 2.75) is 26.4 Å². The van der Waals surface area contributed by atoms with Crippen molar-refractivity contribution in [2.24, 2.45) is 5.73 Å². The van der Waals surface area contributed by atoms with Crippen LogP contribution in [0, 0.1) is 6.92 Å². The highest BCUT2D eigenvalue weighted by Crippen LogP contribution is 2.18. The van der Waals surface area contributed by atoms with Gasteiger partial charge in [-0.3, -0.25) is 4.79 Å². The molecule has 0 radical (unpaired) electrons. The summed E-state index contributed by atoms with van der Waals surface area (Å²) in [5, 5.41) is 2.56. The van der Waals surface area contributed by atoms with Gasteiger partial charge in [0.15, 0.2) is 0 Å². The molecule has 2 rings (SSSR count). The molecule has 20 heavy (non-hydrogen) atoms. The van der Waals surface area contributed by atoms with Gasteiger partial charge in [0.05, 0.1) is 6.04 Å². The number of rotatable bonds is 4. The Kier molecular flexibility index (Phi) is 4.52. The van der Waals surface area contributed by atoms with Crippen molar-refractivity contribution in [3.63, 3.8) is 0 Å². The monoisotopic (exact) mass is 289 g/mol. The van der Waals surface area contributed by atoms with E-state index in [1.807, 2.05) is 38.1 Å². The van der Waals surface area contributed by atoms with Crippen molar-refractivity contribution in [3.8, 4) is 0 Å². The van der Waals surface area contributed by atoms with Crippen LogP contribution in [0.4, 0.5) is 0 Å². The van der Waals surface area contributed by atoms with Gasteiger partial charge in [-0.15, -0.1) is 11.3 Å². The molecule has 0 fully saturated rings. The summed E-state index contributed by atoms with van der Waals surface area (Å²) in [4.78, 5) is 18.3. The average molecular weight is 289 g/mol. The quantitative estimate of drug-likeness (QED) is 0.941. The van der Waals surface area contributed by atoms with E-state index in [0.717, 1.165) is 10.6 Å². The van der Waals surface area contributed by atoms with Gasteiger partial charge in [-0.1, -0.05) is 24.3 Å². The molecule has 0 bridgehead atoms. The van der Waals surface area contributed by atoms with Crippen LogP contribution in [0.1, 0.15) is 39.6 Å². The van der Waals surface area contributed by atoms with Crippen LogP contribution < -0.4 is 5.73 Å². The molecule has 1 atom stereocenters. The molecule has 1 heterocycles. The highest BCUT2D eigenvalue weighted by Gasteiger charge is 2.17. The number of hydrogen-bond donors (Lipinski definition) is 1. The fourth-order valence-electron chi connectivity index (χ4n) is 1.91. The second-order valence-corrected chi connectivity index (χ2v) is 5.84. The number of aromatic nitrogens is 1. The Morgan fingerprint density at radius 2 is 2.15 bits per heavy atom. The van der Waals surface area contributed by atoms with Gasteiger partial charge in [0.25, 0.3) is 5.91 Å². The van der Waals surface area contributed by atoms with Crippen LogP contribution in [0.3, 0.4) is 0 Å². The predicted molar refractivity (Wildman–Crippen MR) is 81.7 cm³/mol. The van der Waals surface area contributed by atoms with Crippen LogP contribution in [-0.4, -0.2) is 22.8 Å². The van der Waals surface area contributed by atoms with Crippen molar-refractivity contribution < 1.29 is 4.79 Å². The lowest BCUT2D eigenvalue weighted by Crippen LogP contribution is -2.27. The van der Waals surface area contributed by atoms with E-state index in [1.165, 1.54) is 16.9 Å². The van der Waals surface area contributed by atoms with Crippen molar-refractivity contribution in [2.75, 3.05) is 7.05 Å². The van der Waals surface area contributed by atoms with Crippen LogP contribution in [0.15, 0.2) is 29.6 Å². The number of amides is 1. The molecule has 0 aliphatic rings. The van der Waals surface area contributed by atoms with E-state index in [-0.39, 0.29) is 11.9 Å². The number of carbonyl (C=O) groups excluding carboxylic acids is 1. The Bertz CT molecular complexity index is 607. The van der Waals surface area contributed by atoms with Crippen LogP contribution in [-0.2, 0) is 6.54 Å². The maximum Gasteiger partial charge on any atom is 0.273 e. The summed E-state index contributed by atoms with van der Waals surface area (Å²) in [6.07, 6.45) is 0. The van der Waals surface area contributed by atoms with Crippen LogP contribution in [0.25, 0.3) is 0 Å². The molecule has 4 nitrogen and oxygen atoms in total. The smallest absolute Gasteiger partial charge is 0.273 e. The minimum absolute atomic E-state index is 0.0728. The van der Waals surface area contributed by atoms with E-state index >= 15 is 0 Å². The van der Waals surface area contributed by atoms with E-state index in [9.17, 15) is 4.79 Å². The fourth-order valence-corrected chi connectivity index (χ4v) is 2.66. The van der Waals surface area contributed by atoms with Crippen LogP contribution in [0.2, 0.25) is 0 Å². The van der Waals surface area contributed by atoms with Crippen LogP contribution >= 0.6 is 11.3 Å². The van der Waals surface area contributed by atoms with E-state index < -0.39 is 0 Å². The Labute approximate surface area is 123 Å². The first kappa shape index (κ1) is 14.7. The lowest BCUT2D eigenvalue weighted by molar-refractivity contribution is 0.0779. The second kappa shape index (κ2) is 6.15. The summed E-state index contributed by atoms with van der Waals surface area (Å²) in [6.45, 7) is 4.49. The van der Waals surface area contributed by atoms with E-state index in [4.69, 9.17) is 5.73 Å². The molecule has 2 aromatic rings. The third-order valence-electron chi connectivity index (χ3n) is 3.15. The molecule has 0 aliphatic heterocycles. The summed E-state index contributed by atoms with van der Waals surface area (Å²) in [5.74, 6) is -0.0728. The van der Waals surface area contributed by atoms with Gasteiger partial charge >= 0.3 is 0 Å². The Morgan fingerprint density at radius 3 is 2.75 bits per heavy atom. The Balaban J connectivity index is 2.10. The molecule has 0 aliphatic carbocycles. The van der Waals surface area contributed by atoms with Gasteiger partial charge < -0.3 is 10.6 Å². The fraction of sp³-hybridized carbons (Fsp3) is 0.333. The summed E-state index contributed by atoms with van der Waals surface area (Å²) in [5.41, 5.74) is 8.57. The normalized spacial score (nSPS) is 12.2. The standard InChI is InChI=1S/C15H19N3OS/c1-10-6-4-5-7-12(10)8-18(3)15(19)13-9-20-14(17-13)11(2)16/h4-7,9,11H,8,16H2,1-3H3. The van der Waals surface area contributed by atoms with Crippen LogP contribution in [0.5, 0.6) is 0 Å². The first-order valence-corrected chi connectivity index (χ1v) is 7.38. The lowest BCUT2D eigenvalue weighted by atomic mass is 10.1. The molecule has 2 N–H and O–H groups in total. The molecule has 0 saturated heterocycles. The molecule has 0 spiro atoms. The van der Waals surface area contributed by atoms with Gasteiger partial charge in [-0.2, -0.15) is 0 Å².